The Hall–Kier alpha value is -0.400. The van der Waals surface area contributed by atoms with Crippen LogP contribution in [0.15, 0.2) is 6.08 Å². The predicted molar refractivity (Wildman–Crippen MR) is 14.6 cm³/mol. The zero-order valence-electron chi connectivity index (χ0n) is 2.76. The summed E-state index contributed by atoms with van der Waals surface area (Å²) in [6.45, 7) is 1.16. The summed E-state index contributed by atoms with van der Waals surface area (Å²) < 4.78 is 21.1. The highest BCUT2D eigenvalue weighted by atomic mass is 19.3. The van der Waals surface area contributed by atoms with Crippen molar-refractivity contribution < 1.29 is 8.78 Å². The van der Waals surface area contributed by atoms with Crippen molar-refractivity contribution in [3.05, 3.63) is 12.2 Å². The van der Waals surface area contributed by atoms with Gasteiger partial charge in [-0.1, -0.05) is 0 Å². The topological polar surface area (TPSA) is 0 Å². The summed E-state index contributed by atoms with van der Waals surface area (Å²) in [5.41, 5.74) is 0. The SMILES string of the molecule is C[C]=C(F)F. The van der Waals surface area contributed by atoms with Crippen LogP contribution in [0, 0.1) is 6.08 Å². The number of halogens is 2. The first-order valence-corrected chi connectivity index (χ1v) is 1.13. The molecule has 0 nitrogen and oxygen atoms in total. The van der Waals surface area contributed by atoms with Crippen LogP contribution >= 0.6 is 0 Å². The van der Waals surface area contributed by atoms with Crippen molar-refractivity contribution in [2.45, 2.75) is 6.92 Å². The van der Waals surface area contributed by atoms with Gasteiger partial charge in [-0.25, -0.2) is 0 Å². The zero-order valence-corrected chi connectivity index (χ0v) is 2.76. The minimum Gasteiger partial charge on any atom is -0.173 e. The lowest BCUT2D eigenvalue weighted by atomic mass is 10.7. The maximum atomic E-state index is 10.6. The third kappa shape index (κ3) is 3.60. The van der Waals surface area contributed by atoms with Gasteiger partial charge in [0.2, 0.25) is 0 Å². The van der Waals surface area contributed by atoms with Gasteiger partial charge in [-0.3, -0.25) is 0 Å². The Morgan fingerprint density at radius 1 is 1.60 bits per heavy atom. The van der Waals surface area contributed by atoms with E-state index in [0.29, 0.717) is 0 Å². The molecule has 0 rings (SSSR count). The average Bonchev–Trinajstić information content (AvgIpc) is 1.38. The van der Waals surface area contributed by atoms with Gasteiger partial charge in [0.15, 0.2) is 0 Å². The highest BCUT2D eigenvalue weighted by molar-refractivity contribution is 4.63. The van der Waals surface area contributed by atoms with Crippen molar-refractivity contribution in [2.75, 3.05) is 0 Å². The summed E-state index contributed by atoms with van der Waals surface area (Å²) >= 11 is 0. The molecule has 0 aromatic rings. The van der Waals surface area contributed by atoms with Gasteiger partial charge in [0, 0.05) is 6.08 Å². The summed E-state index contributed by atoms with van der Waals surface area (Å²) in [4.78, 5) is 0. The first-order valence-electron chi connectivity index (χ1n) is 1.13. The van der Waals surface area contributed by atoms with E-state index in [-0.39, 0.29) is 0 Å². The predicted octanol–water partition coefficient (Wildman–Crippen LogP) is 1.59. The highest BCUT2D eigenvalue weighted by Crippen LogP contribution is 1.90. The summed E-state index contributed by atoms with van der Waals surface area (Å²) in [6, 6.07) is 0. The van der Waals surface area contributed by atoms with Crippen molar-refractivity contribution in [3.63, 3.8) is 0 Å². The number of rotatable bonds is 0. The van der Waals surface area contributed by atoms with Gasteiger partial charge in [0.05, 0.1) is 0 Å². The molecule has 0 saturated carbocycles. The molecular weight excluding hydrogens is 74.0 g/mol. The fraction of sp³-hybridized carbons (Fsp3) is 0.333. The highest BCUT2D eigenvalue weighted by Gasteiger charge is 1.75. The fourth-order valence-electron chi connectivity index (χ4n) is 0. The second-order valence-corrected chi connectivity index (χ2v) is 0.510. The minimum atomic E-state index is -1.75. The average molecular weight is 77.1 g/mol. The summed E-state index contributed by atoms with van der Waals surface area (Å²) in [5.74, 6) is 0. The molecule has 0 bridgehead atoms. The number of allylic oxidation sites excluding steroid dienone is 1. The lowest BCUT2D eigenvalue weighted by Crippen LogP contribution is -1.46. The lowest BCUT2D eigenvalue weighted by molar-refractivity contribution is 0.416. The standard InChI is InChI=1S/C3H3F2/c1-2-3(4)5/h1H3. The van der Waals surface area contributed by atoms with E-state index in [4.69, 9.17) is 0 Å². The third-order valence-electron chi connectivity index (χ3n) is 0.189. The van der Waals surface area contributed by atoms with Gasteiger partial charge >= 0.3 is 0 Å². The van der Waals surface area contributed by atoms with E-state index in [2.05, 4.69) is 0 Å². The Balaban J connectivity index is 3.14. The Morgan fingerprint density at radius 3 is 1.80 bits per heavy atom. The van der Waals surface area contributed by atoms with Crippen LogP contribution in [0.4, 0.5) is 8.78 Å². The number of hydrogen-bond donors (Lipinski definition) is 0. The van der Waals surface area contributed by atoms with Crippen molar-refractivity contribution in [2.24, 2.45) is 0 Å². The summed E-state index contributed by atoms with van der Waals surface area (Å²) in [7, 11) is 0. The molecule has 0 saturated heterocycles. The number of hydrogen-bond acceptors (Lipinski definition) is 0. The van der Waals surface area contributed by atoms with Gasteiger partial charge in [0.1, 0.15) is 0 Å². The van der Waals surface area contributed by atoms with E-state index in [1.54, 1.807) is 6.08 Å². The quantitative estimate of drug-likeness (QED) is 0.412. The van der Waals surface area contributed by atoms with Gasteiger partial charge in [-0.2, -0.15) is 8.78 Å². The fourth-order valence-corrected chi connectivity index (χ4v) is 0. The molecule has 0 aliphatic heterocycles. The van der Waals surface area contributed by atoms with E-state index in [1.165, 1.54) is 0 Å². The van der Waals surface area contributed by atoms with Crippen LogP contribution in [0.3, 0.4) is 0 Å². The van der Waals surface area contributed by atoms with Crippen LogP contribution in [-0.4, -0.2) is 0 Å². The smallest absolute Gasteiger partial charge is 0.173 e. The maximum absolute atomic E-state index is 10.6. The van der Waals surface area contributed by atoms with Crippen LogP contribution in [0.5, 0.6) is 0 Å². The molecule has 0 aliphatic rings. The molecule has 1 radical (unpaired) electrons. The Labute approximate surface area is 29.1 Å². The van der Waals surface area contributed by atoms with Gasteiger partial charge in [0.25, 0.3) is 6.08 Å². The van der Waals surface area contributed by atoms with E-state index in [9.17, 15) is 8.78 Å². The molecule has 0 aromatic heterocycles. The molecule has 5 heavy (non-hydrogen) atoms. The van der Waals surface area contributed by atoms with E-state index < -0.39 is 6.08 Å². The second-order valence-electron chi connectivity index (χ2n) is 0.510. The van der Waals surface area contributed by atoms with Crippen LogP contribution in [-0.2, 0) is 0 Å². The summed E-state index contributed by atoms with van der Waals surface area (Å²) in [6.07, 6.45) is -0.134. The normalized spacial score (nSPS) is 7.00. The molecule has 0 fully saturated rings. The lowest BCUT2D eigenvalue weighted by Gasteiger charge is -1.61. The first-order chi connectivity index (χ1) is 2.27. The van der Waals surface area contributed by atoms with Crippen LogP contribution in [0.2, 0.25) is 0 Å². The van der Waals surface area contributed by atoms with Crippen LogP contribution < -0.4 is 0 Å². The van der Waals surface area contributed by atoms with E-state index in [0.717, 1.165) is 6.92 Å². The summed E-state index contributed by atoms with van der Waals surface area (Å²) in [5, 5.41) is 0. The zero-order chi connectivity index (χ0) is 4.28. The molecule has 2 heteroatoms. The van der Waals surface area contributed by atoms with E-state index >= 15 is 0 Å². The Bertz CT molecular complexity index is 42.9. The molecule has 0 atom stereocenters. The van der Waals surface area contributed by atoms with Crippen molar-refractivity contribution in [1.29, 1.82) is 0 Å². The van der Waals surface area contributed by atoms with Gasteiger partial charge in [-0.05, 0) is 6.92 Å². The molecule has 0 heterocycles. The third-order valence-corrected chi connectivity index (χ3v) is 0.189. The molecule has 0 aromatic carbocycles. The van der Waals surface area contributed by atoms with Crippen molar-refractivity contribution in [1.82, 2.24) is 0 Å². The van der Waals surface area contributed by atoms with Crippen LogP contribution in [0.1, 0.15) is 6.92 Å². The minimum absolute atomic E-state index is 1.16. The molecule has 0 aliphatic carbocycles. The molecule has 0 amide bonds. The van der Waals surface area contributed by atoms with Crippen molar-refractivity contribution in [3.8, 4) is 0 Å². The van der Waals surface area contributed by atoms with Gasteiger partial charge < -0.3 is 0 Å². The van der Waals surface area contributed by atoms with E-state index in [1.807, 2.05) is 0 Å². The molecule has 0 unspecified atom stereocenters. The molecular formula is C3H3F2. The Kier molecular flexibility index (Phi) is 1.73. The molecule has 0 N–H and O–H groups in total. The monoisotopic (exact) mass is 77.0 g/mol. The first kappa shape index (κ1) is 4.60. The van der Waals surface area contributed by atoms with Crippen molar-refractivity contribution >= 4 is 0 Å². The largest absolute Gasteiger partial charge is 0.273 e. The molecule has 0 spiro atoms. The maximum Gasteiger partial charge on any atom is 0.273 e. The molecule has 29 valence electrons. The van der Waals surface area contributed by atoms with Crippen LogP contribution in [0.25, 0.3) is 0 Å². The Morgan fingerprint density at radius 2 is 1.80 bits per heavy atom. The van der Waals surface area contributed by atoms with Gasteiger partial charge in [-0.15, -0.1) is 0 Å². The second kappa shape index (κ2) is 1.88.